The zero-order chi connectivity index (χ0) is 17.5. The fourth-order valence-electron chi connectivity index (χ4n) is 2.16. The van der Waals surface area contributed by atoms with Crippen LogP contribution in [0.4, 0.5) is 0 Å². The fourth-order valence-corrected chi connectivity index (χ4v) is 3.47. The lowest BCUT2D eigenvalue weighted by Gasteiger charge is -2.13. The number of esters is 1. The number of thioether (sulfide) groups is 1. The minimum atomic E-state index is -0.253. The van der Waals surface area contributed by atoms with Gasteiger partial charge in [-0.05, 0) is 37.1 Å². The maximum Gasteiger partial charge on any atom is 0.305 e. The lowest BCUT2D eigenvalue weighted by molar-refractivity contribution is -0.143. The summed E-state index contributed by atoms with van der Waals surface area (Å²) in [7, 11) is 1.61. The van der Waals surface area contributed by atoms with Crippen molar-refractivity contribution < 1.29 is 19.1 Å². The molecule has 0 radical (unpaired) electrons. The predicted octanol–water partition coefficient (Wildman–Crippen LogP) is 3.24. The molecule has 0 N–H and O–H groups in total. The van der Waals surface area contributed by atoms with Crippen LogP contribution in [0.15, 0.2) is 29.2 Å². The van der Waals surface area contributed by atoms with Crippen LogP contribution in [0.3, 0.4) is 0 Å². The Morgan fingerprint density at radius 3 is 2.67 bits per heavy atom. The number of hydrogen-bond donors (Lipinski definition) is 0. The van der Waals surface area contributed by atoms with E-state index in [1.54, 1.807) is 14.0 Å². The minimum Gasteiger partial charge on any atom is -0.497 e. The highest BCUT2D eigenvalue weighted by Gasteiger charge is 2.31. The van der Waals surface area contributed by atoms with Crippen LogP contribution in [0.5, 0.6) is 5.75 Å². The Morgan fingerprint density at radius 2 is 2.04 bits per heavy atom. The predicted molar refractivity (Wildman–Crippen MR) is 98.7 cm³/mol. The number of nitrogens with zero attached hydrogens (tertiary/aromatic N) is 1. The summed E-state index contributed by atoms with van der Waals surface area (Å²) in [6.45, 7) is 2.55. The molecule has 0 aliphatic carbocycles. The topological polar surface area (TPSA) is 55.8 Å². The average molecular weight is 365 g/mol. The third-order valence-corrected chi connectivity index (χ3v) is 4.73. The molecule has 0 spiro atoms. The van der Waals surface area contributed by atoms with E-state index in [2.05, 4.69) is 0 Å². The van der Waals surface area contributed by atoms with Crippen LogP contribution in [0.25, 0.3) is 6.08 Å². The summed E-state index contributed by atoms with van der Waals surface area (Å²) in [6, 6.07) is 7.44. The van der Waals surface area contributed by atoms with Crippen molar-refractivity contribution in [3.8, 4) is 5.75 Å². The van der Waals surface area contributed by atoms with Crippen LogP contribution in [0.1, 0.15) is 25.3 Å². The highest BCUT2D eigenvalue weighted by molar-refractivity contribution is 8.26. The standard InChI is InChI=1S/C17H19NO4S2/c1-3-22-15(19)5-4-10-18-16(20)14(24-17(18)23)11-12-6-8-13(21-2)9-7-12/h6-9,11H,3-5,10H2,1-2H3/b14-11-. The van der Waals surface area contributed by atoms with Crippen molar-refractivity contribution in [2.45, 2.75) is 19.8 Å². The molecule has 1 amide bonds. The zero-order valence-corrected chi connectivity index (χ0v) is 15.2. The van der Waals surface area contributed by atoms with Gasteiger partial charge in [0.15, 0.2) is 0 Å². The van der Waals surface area contributed by atoms with Gasteiger partial charge in [-0.25, -0.2) is 0 Å². The van der Waals surface area contributed by atoms with Crippen molar-refractivity contribution in [3.63, 3.8) is 0 Å². The van der Waals surface area contributed by atoms with Crippen LogP contribution in [-0.4, -0.2) is 41.4 Å². The average Bonchev–Trinajstić information content (AvgIpc) is 2.83. The van der Waals surface area contributed by atoms with Gasteiger partial charge in [-0.3, -0.25) is 14.5 Å². The molecule has 0 saturated carbocycles. The lowest BCUT2D eigenvalue weighted by Crippen LogP contribution is -2.29. The molecular formula is C17H19NO4S2. The molecule has 7 heteroatoms. The Kier molecular flexibility index (Phi) is 6.81. The Bertz CT molecular complexity index is 655. The van der Waals surface area contributed by atoms with Crippen molar-refractivity contribution in [3.05, 3.63) is 34.7 Å². The normalized spacial score (nSPS) is 15.9. The second-order valence-electron chi connectivity index (χ2n) is 5.02. The molecule has 0 aromatic heterocycles. The summed E-state index contributed by atoms with van der Waals surface area (Å²) >= 11 is 6.55. The molecule has 24 heavy (non-hydrogen) atoms. The van der Waals surface area contributed by atoms with Gasteiger partial charge in [0, 0.05) is 13.0 Å². The quantitative estimate of drug-likeness (QED) is 0.420. The molecule has 1 aromatic carbocycles. The summed E-state index contributed by atoms with van der Waals surface area (Å²) in [4.78, 5) is 25.9. The number of thiocarbonyl (C=S) groups is 1. The van der Waals surface area contributed by atoms with Gasteiger partial charge < -0.3 is 9.47 Å². The first-order valence-corrected chi connectivity index (χ1v) is 8.82. The highest BCUT2D eigenvalue weighted by Crippen LogP contribution is 2.32. The molecule has 1 saturated heterocycles. The lowest BCUT2D eigenvalue weighted by atomic mass is 10.2. The van der Waals surface area contributed by atoms with E-state index in [4.69, 9.17) is 21.7 Å². The molecule has 0 bridgehead atoms. The molecule has 128 valence electrons. The van der Waals surface area contributed by atoms with Gasteiger partial charge >= 0.3 is 5.97 Å². The van der Waals surface area contributed by atoms with E-state index in [0.717, 1.165) is 11.3 Å². The molecule has 1 heterocycles. The number of ether oxygens (including phenoxy) is 2. The summed E-state index contributed by atoms with van der Waals surface area (Å²) < 4.78 is 10.5. The van der Waals surface area contributed by atoms with Gasteiger partial charge in [0.25, 0.3) is 5.91 Å². The van der Waals surface area contributed by atoms with Crippen LogP contribution in [-0.2, 0) is 14.3 Å². The Hall–Kier alpha value is -1.86. The monoisotopic (exact) mass is 365 g/mol. The number of carbonyl (C=O) groups excluding carboxylic acids is 2. The van der Waals surface area contributed by atoms with Gasteiger partial charge in [-0.15, -0.1) is 0 Å². The van der Waals surface area contributed by atoms with Crippen molar-refractivity contribution in [1.82, 2.24) is 4.90 Å². The number of hydrogen-bond acceptors (Lipinski definition) is 6. The molecule has 1 aliphatic rings. The summed E-state index contributed by atoms with van der Waals surface area (Å²) in [5, 5.41) is 0. The molecular weight excluding hydrogens is 346 g/mol. The van der Waals surface area contributed by atoms with E-state index in [0.29, 0.717) is 28.8 Å². The van der Waals surface area contributed by atoms with E-state index in [1.165, 1.54) is 16.7 Å². The van der Waals surface area contributed by atoms with Gasteiger partial charge in [-0.2, -0.15) is 0 Å². The van der Waals surface area contributed by atoms with Crippen molar-refractivity contribution in [1.29, 1.82) is 0 Å². The highest BCUT2D eigenvalue weighted by atomic mass is 32.2. The molecule has 0 atom stereocenters. The fraction of sp³-hybridized carbons (Fsp3) is 0.353. The van der Waals surface area contributed by atoms with Crippen molar-refractivity contribution >= 4 is 46.3 Å². The SMILES string of the molecule is CCOC(=O)CCCN1C(=O)/C(=C/c2ccc(OC)cc2)SC1=S. The van der Waals surface area contributed by atoms with Crippen molar-refractivity contribution in [2.75, 3.05) is 20.3 Å². The second kappa shape index (κ2) is 8.84. The van der Waals surface area contributed by atoms with Gasteiger partial charge in [0.05, 0.1) is 18.6 Å². The molecule has 2 rings (SSSR count). The molecule has 1 aliphatic heterocycles. The molecule has 1 fully saturated rings. The Labute approximate surface area is 151 Å². The van der Waals surface area contributed by atoms with E-state index in [-0.39, 0.29) is 18.3 Å². The first-order chi connectivity index (χ1) is 11.5. The van der Waals surface area contributed by atoms with Crippen LogP contribution in [0, 0.1) is 0 Å². The number of carbonyl (C=O) groups is 2. The van der Waals surface area contributed by atoms with E-state index < -0.39 is 0 Å². The first kappa shape index (κ1) is 18.5. The molecule has 0 unspecified atom stereocenters. The van der Waals surface area contributed by atoms with Gasteiger partial charge in [-0.1, -0.05) is 36.1 Å². The third-order valence-electron chi connectivity index (χ3n) is 3.36. The third kappa shape index (κ3) is 4.82. The smallest absolute Gasteiger partial charge is 0.305 e. The number of amides is 1. The summed E-state index contributed by atoms with van der Waals surface area (Å²) in [5.74, 6) is 0.389. The number of rotatable bonds is 7. The Balaban J connectivity index is 1.97. The largest absolute Gasteiger partial charge is 0.497 e. The zero-order valence-electron chi connectivity index (χ0n) is 13.6. The van der Waals surface area contributed by atoms with Crippen LogP contribution >= 0.6 is 24.0 Å². The minimum absolute atomic E-state index is 0.121. The maximum atomic E-state index is 12.5. The molecule has 5 nitrogen and oxygen atoms in total. The first-order valence-electron chi connectivity index (χ1n) is 7.60. The van der Waals surface area contributed by atoms with E-state index >= 15 is 0 Å². The Morgan fingerprint density at radius 1 is 1.33 bits per heavy atom. The summed E-state index contributed by atoms with van der Waals surface area (Å²) in [6.07, 6.45) is 2.62. The van der Waals surface area contributed by atoms with Gasteiger partial charge in [0.1, 0.15) is 10.1 Å². The van der Waals surface area contributed by atoms with Crippen LogP contribution < -0.4 is 4.74 Å². The van der Waals surface area contributed by atoms with Gasteiger partial charge in [0.2, 0.25) is 0 Å². The summed E-state index contributed by atoms with van der Waals surface area (Å²) in [5.41, 5.74) is 0.905. The molecule has 1 aromatic rings. The van der Waals surface area contributed by atoms with Crippen molar-refractivity contribution in [2.24, 2.45) is 0 Å². The maximum absolute atomic E-state index is 12.5. The van der Waals surface area contributed by atoms with E-state index in [9.17, 15) is 9.59 Å². The second-order valence-corrected chi connectivity index (χ2v) is 6.69. The van der Waals surface area contributed by atoms with E-state index in [1.807, 2.05) is 30.3 Å². The number of methoxy groups -OCH3 is 1. The number of benzene rings is 1. The van der Waals surface area contributed by atoms with Crippen LogP contribution in [0.2, 0.25) is 0 Å².